The molecule has 0 fully saturated rings. The largest absolute Gasteiger partial charge is 0.452 e. The van der Waals surface area contributed by atoms with Gasteiger partial charge in [-0.05, 0) is 23.6 Å². The maximum absolute atomic E-state index is 12.4. The normalized spacial score (nSPS) is 10.2. The summed E-state index contributed by atoms with van der Waals surface area (Å²) >= 11 is 2.65. The first-order chi connectivity index (χ1) is 15.0. The number of benzene rings is 1. The smallest absolute Gasteiger partial charge is 0.339 e. The van der Waals surface area contributed by atoms with E-state index < -0.39 is 24.5 Å². The van der Waals surface area contributed by atoms with Gasteiger partial charge in [-0.1, -0.05) is 18.2 Å². The number of urea groups is 1. The van der Waals surface area contributed by atoms with Crippen molar-refractivity contribution in [3.63, 3.8) is 0 Å². The standard InChI is InChI=1S/C20H23N3O6S2/c1-28-9-8-21-18(25)13-31-16-7-3-2-6-15(16)19(26)29-12-17(24)23-20(27)22-11-14-5-4-10-30-14/h2-7,10H,8-9,11-13H2,1H3,(H,21,25)(H2,22,23,24,27). The van der Waals surface area contributed by atoms with Gasteiger partial charge in [0.25, 0.3) is 5.91 Å². The molecule has 0 aliphatic carbocycles. The topological polar surface area (TPSA) is 123 Å². The highest BCUT2D eigenvalue weighted by Crippen LogP contribution is 2.23. The number of esters is 1. The lowest BCUT2D eigenvalue weighted by Gasteiger charge is -2.10. The molecule has 0 bridgehead atoms. The predicted molar refractivity (Wildman–Crippen MR) is 117 cm³/mol. The van der Waals surface area contributed by atoms with Crippen LogP contribution < -0.4 is 16.0 Å². The van der Waals surface area contributed by atoms with Crippen LogP contribution in [0, 0.1) is 0 Å². The van der Waals surface area contributed by atoms with E-state index >= 15 is 0 Å². The lowest BCUT2D eigenvalue weighted by molar-refractivity contribution is -0.123. The number of imide groups is 1. The zero-order valence-corrected chi connectivity index (χ0v) is 18.5. The minimum Gasteiger partial charge on any atom is -0.452 e. The third kappa shape index (κ3) is 9.20. The molecule has 4 amide bonds. The molecule has 0 aliphatic heterocycles. The quantitative estimate of drug-likeness (QED) is 0.263. The second-order valence-electron chi connectivity index (χ2n) is 6.01. The van der Waals surface area contributed by atoms with Gasteiger partial charge in [0.05, 0.1) is 24.5 Å². The number of amides is 4. The van der Waals surface area contributed by atoms with E-state index in [1.807, 2.05) is 17.5 Å². The Bertz CT molecular complexity index is 889. The van der Waals surface area contributed by atoms with Gasteiger partial charge in [-0.2, -0.15) is 0 Å². The van der Waals surface area contributed by atoms with Gasteiger partial charge in [-0.3, -0.25) is 14.9 Å². The van der Waals surface area contributed by atoms with Crippen LogP contribution in [0.1, 0.15) is 15.2 Å². The van der Waals surface area contributed by atoms with Gasteiger partial charge >= 0.3 is 12.0 Å². The molecule has 1 aromatic heterocycles. The Morgan fingerprint density at radius 1 is 1.03 bits per heavy atom. The predicted octanol–water partition coefficient (Wildman–Crippen LogP) is 1.79. The van der Waals surface area contributed by atoms with Crippen molar-refractivity contribution in [3.05, 3.63) is 52.2 Å². The molecular formula is C20H23N3O6S2. The molecule has 1 heterocycles. The first-order valence-corrected chi connectivity index (χ1v) is 11.1. The number of nitrogens with one attached hydrogen (secondary N) is 3. The van der Waals surface area contributed by atoms with Crippen LogP contribution in [0.4, 0.5) is 4.79 Å². The molecule has 2 rings (SSSR count). The van der Waals surface area contributed by atoms with Gasteiger partial charge in [0, 0.05) is 23.4 Å². The summed E-state index contributed by atoms with van der Waals surface area (Å²) in [6, 6.07) is 9.64. The second kappa shape index (κ2) is 13.4. The number of rotatable bonds is 11. The van der Waals surface area contributed by atoms with E-state index in [9.17, 15) is 19.2 Å². The second-order valence-corrected chi connectivity index (χ2v) is 8.06. The summed E-state index contributed by atoms with van der Waals surface area (Å²) in [5.41, 5.74) is 0.229. The van der Waals surface area contributed by atoms with Gasteiger partial charge in [0.15, 0.2) is 6.61 Å². The average Bonchev–Trinajstić information content (AvgIpc) is 3.29. The number of hydrogen-bond donors (Lipinski definition) is 3. The molecule has 0 unspecified atom stereocenters. The fourth-order valence-electron chi connectivity index (χ4n) is 2.24. The van der Waals surface area contributed by atoms with E-state index in [2.05, 4.69) is 16.0 Å². The molecule has 0 spiro atoms. The Kier molecular flexibility index (Phi) is 10.6. The monoisotopic (exact) mass is 465 g/mol. The van der Waals surface area contributed by atoms with Crippen molar-refractivity contribution in [2.75, 3.05) is 32.6 Å². The Morgan fingerprint density at radius 3 is 2.58 bits per heavy atom. The number of carbonyl (C=O) groups excluding carboxylic acids is 4. The molecule has 0 saturated heterocycles. The van der Waals surface area contributed by atoms with E-state index in [-0.39, 0.29) is 17.2 Å². The maximum atomic E-state index is 12.4. The lowest BCUT2D eigenvalue weighted by Crippen LogP contribution is -2.41. The number of methoxy groups -OCH3 is 1. The van der Waals surface area contributed by atoms with E-state index in [4.69, 9.17) is 9.47 Å². The van der Waals surface area contributed by atoms with Crippen LogP contribution in [0.3, 0.4) is 0 Å². The van der Waals surface area contributed by atoms with Crippen LogP contribution in [0.15, 0.2) is 46.7 Å². The third-order valence-electron chi connectivity index (χ3n) is 3.68. The number of hydrogen-bond acceptors (Lipinski definition) is 8. The molecular weight excluding hydrogens is 442 g/mol. The van der Waals surface area contributed by atoms with Crippen molar-refractivity contribution in [2.45, 2.75) is 11.4 Å². The lowest BCUT2D eigenvalue weighted by atomic mass is 10.2. The first kappa shape index (κ1) is 24.4. The summed E-state index contributed by atoms with van der Waals surface area (Å²) in [5.74, 6) is -1.56. The fraction of sp³-hybridized carbons (Fsp3) is 0.300. The van der Waals surface area contributed by atoms with Gasteiger partial charge in [0.2, 0.25) is 5.91 Å². The molecule has 0 radical (unpaired) electrons. The molecule has 11 heteroatoms. The van der Waals surface area contributed by atoms with Crippen molar-refractivity contribution < 1.29 is 28.7 Å². The molecule has 166 valence electrons. The molecule has 0 aliphatic rings. The summed E-state index contributed by atoms with van der Waals surface area (Å²) in [5, 5.41) is 9.21. The van der Waals surface area contributed by atoms with Crippen LogP contribution in [0.5, 0.6) is 0 Å². The average molecular weight is 466 g/mol. The summed E-state index contributed by atoms with van der Waals surface area (Å²) in [6.07, 6.45) is 0. The van der Waals surface area contributed by atoms with Crippen LogP contribution in [0.2, 0.25) is 0 Å². The minimum atomic E-state index is -0.750. The van der Waals surface area contributed by atoms with Crippen LogP contribution >= 0.6 is 23.1 Å². The van der Waals surface area contributed by atoms with E-state index in [0.717, 1.165) is 4.88 Å². The molecule has 0 saturated carbocycles. The van der Waals surface area contributed by atoms with Crippen molar-refractivity contribution in [1.29, 1.82) is 0 Å². The number of ether oxygens (including phenoxy) is 2. The highest BCUT2D eigenvalue weighted by molar-refractivity contribution is 8.00. The molecule has 3 N–H and O–H groups in total. The zero-order valence-electron chi connectivity index (χ0n) is 16.8. The van der Waals surface area contributed by atoms with Gasteiger partial charge in [-0.15, -0.1) is 23.1 Å². The van der Waals surface area contributed by atoms with Gasteiger partial charge < -0.3 is 20.1 Å². The van der Waals surface area contributed by atoms with Crippen molar-refractivity contribution in [1.82, 2.24) is 16.0 Å². The highest BCUT2D eigenvalue weighted by atomic mass is 32.2. The molecule has 9 nitrogen and oxygen atoms in total. The number of thioether (sulfide) groups is 1. The molecule has 1 aromatic carbocycles. The van der Waals surface area contributed by atoms with Gasteiger partial charge in [0.1, 0.15) is 0 Å². The number of thiophene rings is 1. The van der Waals surface area contributed by atoms with Crippen molar-refractivity contribution in [3.8, 4) is 0 Å². The van der Waals surface area contributed by atoms with E-state index in [0.29, 0.717) is 24.6 Å². The van der Waals surface area contributed by atoms with Crippen LogP contribution in [0.25, 0.3) is 0 Å². The zero-order chi connectivity index (χ0) is 22.5. The van der Waals surface area contributed by atoms with Crippen molar-refractivity contribution in [2.24, 2.45) is 0 Å². The molecule has 2 aromatic rings. The Hall–Kier alpha value is -2.89. The van der Waals surface area contributed by atoms with Crippen LogP contribution in [-0.2, 0) is 25.6 Å². The number of carbonyl (C=O) groups is 4. The Labute approximate surface area is 187 Å². The summed E-state index contributed by atoms with van der Waals surface area (Å²) in [4.78, 5) is 49.3. The Morgan fingerprint density at radius 2 is 1.84 bits per heavy atom. The van der Waals surface area contributed by atoms with Gasteiger partial charge in [-0.25, -0.2) is 9.59 Å². The third-order valence-corrected chi connectivity index (χ3v) is 5.63. The minimum absolute atomic E-state index is 0.110. The molecule has 31 heavy (non-hydrogen) atoms. The van der Waals surface area contributed by atoms with E-state index in [1.165, 1.54) is 23.1 Å². The van der Waals surface area contributed by atoms with Crippen LogP contribution in [-0.4, -0.2) is 56.4 Å². The summed E-state index contributed by atoms with van der Waals surface area (Å²) in [7, 11) is 1.54. The summed E-state index contributed by atoms with van der Waals surface area (Å²) < 4.78 is 9.87. The first-order valence-electron chi connectivity index (χ1n) is 9.24. The molecule has 0 atom stereocenters. The van der Waals surface area contributed by atoms with Crippen molar-refractivity contribution >= 4 is 46.9 Å². The highest BCUT2D eigenvalue weighted by Gasteiger charge is 2.16. The summed E-state index contributed by atoms with van der Waals surface area (Å²) in [6.45, 7) is 0.491. The fourth-order valence-corrected chi connectivity index (χ4v) is 3.76. The van der Waals surface area contributed by atoms with E-state index in [1.54, 1.807) is 31.4 Å². The maximum Gasteiger partial charge on any atom is 0.339 e. The Balaban J connectivity index is 1.77. The SMILES string of the molecule is COCCNC(=O)CSc1ccccc1C(=O)OCC(=O)NC(=O)NCc1cccs1.